The molecule has 4 N–H and O–H groups in total. The molecule has 2 heteroatoms. The topological polar surface area (TPSA) is 52.0 Å². The number of hydrogen-bond acceptors (Lipinski definition) is 2. The highest BCUT2D eigenvalue weighted by Gasteiger charge is 2.16. The Morgan fingerprint density at radius 3 is 0.961 bits per heavy atom. The average Bonchev–Trinajstić information content (AvgIpc) is 3.13. The molecule has 0 amide bonds. The Labute approximate surface area is 312 Å². The molecule has 4 aromatic carbocycles. The van der Waals surface area contributed by atoms with Gasteiger partial charge >= 0.3 is 0 Å². The predicted molar refractivity (Wildman–Crippen MR) is 225 cm³/mol. The minimum Gasteiger partial charge on any atom is -0.399 e. The van der Waals surface area contributed by atoms with Crippen LogP contribution in [0.1, 0.15) is 179 Å². The minimum absolute atomic E-state index is 0.446. The molecule has 0 bridgehead atoms. The Bertz CT molecular complexity index is 1420. The smallest absolute Gasteiger partial charge is 0.0316 e. The number of nitrogen functional groups attached to an aromatic ring is 2. The van der Waals surface area contributed by atoms with Crippen molar-refractivity contribution in [3.63, 3.8) is 0 Å². The first-order chi connectivity index (χ1) is 24.9. The maximum absolute atomic E-state index is 5.99. The number of hydrogen-bond donors (Lipinski definition) is 2. The number of anilines is 2. The molecule has 2 atom stereocenters. The van der Waals surface area contributed by atoms with Crippen molar-refractivity contribution in [2.75, 3.05) is 11.5 Å². The predicted octanol–water partition coefficient (Wildman–Crippen LogP) is 14.2. The molecule has 4 aromatic rings. The first-order valence-electron chi connectivity index (χ1n) is 20.8. The Morgan fingerprint density at radius 1 is 0.392 bits per heavy atom. The lowest BCUT2D eigenvalue weighted by atomic mass is 9.86. The molecule has 0 radical (unpaired) electrons. The van der Waals surface area contributed by atoms with Crippen LogP contribution in [0.4, 0.5) is 11.4 Å². The van der Waals surface area contributed by atoms with E-state index in [1.54, 1.807) is 0 Å². The van der Waals surface area contributed by atoms with Crippen molar-refractivity contribution in [2.45, 2.75) is 162 Å². The standard InChI is InChI=1S/C49H70N2/c1-5-46(48-34-32-44(50)36-38(48)3)42-28-24-40(25-29-42)22-20-18-16-14-12-10-8-7-9-11-13-15-17-19-21-23-41-26-30-43(31-27-41)47(6-2)49-35-33-45(51)37-39(49)4/h24-37,46-47H,5-23,50-51H2,1-4H3. The quantitative estimate of drug-likeness (QED) is 0.0569. The van der Waals surface area contributed by atoms with Gasteiger partial charge in [0.05, 0.1) is 0 Å². The molecule has 0 fully saturated rings. The summed E-state index contributed by atoms with van der Waals surface area (Å²) in [5.41, 5.74) is 24.9. The van der Waals surface area contributed by atoms with Gasteiger partial charge in [-0.05, 0) is 121 Å². The summed E-state index contributed by atoms with van der Waals surface area (Å²) < 4.78 is 0. The van der Waals surface area contributed by atoms with Gasteiger partial charge in [0, 0.05) is 23.2 Å². The van der Waals surface area contributed by atoms with Crippen LogP contribution < -0.4 is 11.5 Å². The fourth-order valence-corrected chi connectivity index (χ4v) is 8.24. The van der Waals surface area contributed by atoms with Crippen molar-refractivity contribution >= 4 is 11.4 Å². The lowest BCUT2D eigenvalue weighted by Gasteiger charge is -2.19. The molecule has 4 rings (SSSR count). The van der Waals surface area contributed by atoms with Crippen LogP contribution in [0.25, 0.3) is 0 Å². The van der Waals surface area contributed by atoms with Crippen molar-refractivity contribution < 1.29 is 0 Å². The van der Waals surface area contributed by atoms with Gasteiger partial charge in [-0.3, -0.25) is 0 Å². The van der Waals surface area contributed by atoms with Gasteiger partial charge in [0.25, 0.3) is 0 Å². The monoisotopic (exact) mass is 687 g/mol. The Hall–Kier alpha value is -3.52. The van der Waals surface area contributed by atoms with Gasteiger partial charge in [-0.2, -0.15) is 0 Å². The highest BCUT2D eigenvalue weighted by atomic mass is 14.5. The second-order valence-corrected chi connectivity index (χ2v) is 15.4. The molecule has 2 unspecified atom stereocenters. The zero-order valence-electron chi connectivity index (χ0n) is 32.8. The van der Waals surface area contributed by atoms with Crippen LogP contribution in [-0.4, -0.2) is 0 Å². The van der Waals surface area contributed by atoms with E-state index in [4.69, 9.17) is 11.5 Å². The van der Waals surface area contributed by atoms with Crippen LogP contribution in [-0.2, 0) is 12.8 Å². The maximum Gasteiger partial charge on any atom is 0.0316 e. The third-order valence-corrected chi connectivity index (χ3v) is 11.4. The van der Waals surface area contributed by atoms with Gasteiger partial charge in [0.15, 0.2) is 0 Å². The lowest BCUT2D eigenvalue weighted by Crippen LogP contribution is -2.03. The third kappa shape index (κ3) is 13.5. The largest absolute Gasteiger partial charge is 0.399 e. The van der Waals surface area contributed by atoms with E-state index >= 15 is 0 Å². The summed E-state index contributed by atoms with van der Waals surface area (Å²) in [6, 6.07) is 31.6. The van der Waals surface area contributed by atoms with Gasteiger partial charge < -0.3 is 11.5 Å². The summed E-state index contributed by atoms with van der Waals surface area (Å²) >= 11 is 0. The number of unbranched alkanes of at least 4 members (excludes halogenated alkanes) is 14. The molecule has 0 heterocycles. The normalized spacial score (nSPS) is 12.6. The number of benzene rings is 4. The molecule has 51 heavy (non-hydrogen) atoms. The summed E-state index contributed by atoms with van der Waals surface area (Å²) in [7, 11) is 0. The molecular weight excluding hydrogens is 617 g/mol. The third-order valence-electron chi connectivity index (χ3n) is 11.4. The molecule has 0 saturated heterocycles. The Kier molecular flexibility index (Phi) is 17.7. The van der Waals surface area contributed by atoms with Gasteiger partial charge in [0.2, 0.25) is 0 Å². The summed E-state index contributed by atoms with van der Waals surface area (Å²) in [4.78, 5) is 0. The summed E-state index contributed by atoms with van der Waals surface area (Å²) in [6.07, 6.45) is 25.5. The van der Waals surface area contributed by atoms with E-state index in [1.807, 2.05) is 12.1 Å². The Balaban J connectivity index is 0.946. The van der Waals surface area contributed by atoms with Gasteiger partial charge in [0.1, 0.15) is 0 Å². The van der Waals surface area contributed by atoms with Crippen LogP contribution in [0.3, 0.4) is 0 Å². The highest BCUT2D eigenvalue weighted by Crippen LogP contribution is 2.33. The molecule has 0 spiro atoms. The first-order valence-corrected chi connectivity index (χ1v) is 20.8. The number of nitrogens with two attached hydrogens (primary N) is 2. The minimum atomic E-state index is 0.446. The van der Waals surface area contributed by atoms with Gasteiger partial charge in [-0.15, -0.1) is 0 Å². The van der Waals surface area contributed by atoms with Crippen molar-refractivity contribution in [1.82, 2.24) is 0 Å². The fraction of sp³-hybridized carbons (Fsp3) is 0.510. The first kappa shape index (κ1) is 40.3. The van der Waals surface area contributed by atoms with E-state index in [-0.39, 0.29) is 0 Å². The SMILES string of the molecule is CCC(c1ccc(CCCCCCCCCCCCCCCCCc2ccc(C(CC)c3ccc(N)cc3C)cc2)cc1)c1ccc(N)cc1C. The van der Waals surface area contributed by atoms with Crippen LogP contribution >= 0.6 is 0 Å². The number of aryl methyl sites for hydroxylation is 4. The van der Waals surface area contributed by atoms with Crippen molar-refractivity contribution in [2.24, 2.45) is 0 Å². The number of rotatable bonds is 24. The van der Waals surface area contributed by atoms with Crippen molar-refractivity contribution in [1.29, 1.82) is 0 Å². The maximum atomic E-state index is 5.99. The summed E-state index contributed by atoms with van der Waals surface area (Å²) in [5.74, 6) is 0.893. The molecule has 0 aromatic heterocycles. The molecule has 2 nitrogen and oxygen atoms in total. The molecule has 0 aliphatic heterocycles. The van der Waals surface area contributed by atoms with E-state index in [1.165, 1.54) is 154 Å². The summed E-state index contributed by atoms with van der Waals surface area (Å²) in [6.45, 7) is 8.93. The van der Waals surface area contributed by atoms with Crippen LogP contribution in [0.2, 0.25) is 0 Å². The van der Waals surface area contributed by atoms with Crippen molar-refractivity contribution in [3.05, 3.63) is 129 Å². The van der Waals surface area contributed by atoms with E-state index in [0.717, 1.165) is 24.2 Å². The highest BCUT2D eigenvalue weighted by molar-refractivity contribution is 5.49. The van der Waals surface area contributed by atoms with E-state index in [0.29, 0.717) is 11.8 Å². The van der Waals surface area contributed by atoms with Gasteiger partial charge in [-0.25, -0.2) is 0 Å². The molecule has 0 aliphatic carbocycles. The van der Waals surface area contributed by atoms with E-state index < -0.39 is 0 Å². The fourth-order valence-electron chi connectivity index (χ4n) is 8.24. The molecule has 0 aliphatic rings. The second-order valence-electron chi connectivity index (χ2n) is 15.4. The van der Waals surface area contributed by atoms with Crippen LogP contribution in [0.15, 0.2) is 84.9 Å². The second kappa shape index (κ2) is 22.4. The lowest BCUT2D eigenvalue weighted by molar-refractivity contribution is 0.530. The Morgan fingerprint density at radius 2 is 0.686 bits per heavy atom. The van der Waals surface area contributed by atoms with E-state index in [2.05, 4.69) is 100 Å². The van der Waals surface area contributed by atoms with Gasteiger partial charge in [-0.1, -0.05) is 158 Å². The molecule has 0 saturated carbocycles. The summed E-state index contributed by atoms with van der Waals surface area (Å²) in [5, 5.41) is 0. The van der Waals surface area contributed by atoms with E-state index in [9.17, 15) is 0 Å². The van der Waals surface area contributed by atoms with Crippen molar-refractivity contribution in [3.8, 4) is 0 Å². The molecular formula is C49H70N2. The average molecular weight is 687 g/mol. The van der Waals surface area contributed by atoms with Crippen LogP contribution in [0, 0.1) is 13.8 Å². The zero-order valence-corrected chi connectivity index (χ0v) is 32.8. The zero-order chi connectivity index (χ0) is 36.3. The molecule has 276 valence electrons. The van der Waals surface area contributed by atoms with Crippen LogP contribution in [0.5, 0.6) is 0 Å².